The van der Waals surface area contributed by atoms with Gasteiger partial charge in [-0.2, -0.15) is 0 Å². The van der Waals surface area contributed by atoms with Crippen LogP contribution >= 0.6 is 0 Å². The van der Waals surface area contributed by atoms with Crippen molar-refractivity contribution in [2.75, 3.05) is 0 Å². The van der Waals surface area contributed by atoms with Crippen molar-refractivity contribution in [1.29, 1.82) is 0 Å². The van der Waals surface area contributed by atoms with Gasteiger partial charge < -0.3 is 5.11 Å². The van der Waals surface area contributed by atoms with Gasteiger partial charge in [0.25, 0.3) is 0 Å². The summed E-state index contributed by atoms with van der Waals surface area (Å²) in [5.74, 6) is 1.71. The molecule has 1 nitrogen and oxygen atoms in total. The second-order valence-electron chi connectivity index (χ2n) is 7.56. The summed E-state index contributed by atoms with van der Waals surface area (Å²) in [6.07, 6.45) is 9.01. The van der Waals surface area contributed by atoms with Crippen molar-refractivity contribution in [3.63, 3.8) is 0 Å². The highest BCUT2D eigenvalue weighted by Gasteiger charge is 2.67. The van der Waals surface area contributed by atoms with Gasteiger partial charge in [0.05, 0.1) is 5.60 Å². The topological polar surface area (TPSA) is 20.2 Å². The Kier molecular flexibility index (Phi) is 2.11. The Hall–Kier alpha value is -0.0400. The van der Waals surface area contributed by atoms with Crippen molar-refractivity contribution in [1.82, 2.24) is 0 Å². The monoisotopic (exact) mass is 222 g/mol. The number of aliphatic hydroxyl groups is 1. The van der Waals surface area contributed by atoms with Gasteiger partial charge >= 0.3 is 0 Å². The molecule has 3 saturated carbocycles. The molecule has 0 aliphatic heterocycles. The molecular formula is C15H26O. The van der Waals surface area contributed by atoms with E-state index in [1.165, 1.54) is 38.5 Å². The first-order valence-corrected chi connectivity index (χ1v) is 7.11. The Labute approximate surface area is 99.6 Å². The van der Waals surface area contributed by atoms with Crippen LogP contribution in [0.1, 0.15) is 65.7 Å². The fourth-order valence-corrected chi connectivity index (χ4v) is 4.79. The SMILES string of the molecule is CC12CCC(C1)C(C)(C)C2(O)CCC1CC1. The minimum absolute atomic E-state index is 0.148. The zero-order valence-electron chi connectivity index (χ0n) is 11.1. The molecule has 3 aliphatic rings. The minimum atomic E-state index is -0.383. The Balaban J connectivity index is 1.84. The Morgan fingerprint density at radius 3 is 2.31 bits per heavy atom. The summed E-state index contributed by atoms with van der Waals surface area (Å²) < 4.78 is 0. The standard InChI is InChI=1S/C15H26O/c1-13(2)12-7-8-14(3,10-12)15(13,16)9-6-11-4-5-11/h11-12,16H,4-10H2,1-3H3. The smallest absolute Gasteiger partial charge is 0.0754 e. The molecule has 0 aromatic rings. The number of rotatable bonds is 3. The molecule has 16 heavy (non-hydrogen) atoms. The summed E-state index contributed by atoms with van der Waals surface area (Å²) in [5.41, 5.74) is -0.0174. The second-order valence-corrected chi connectivity index (χ2v) is 7.56. The van der Waals surface area contributed by atoms with E-state index in [1.54, 1.807) is 0 Å². The zero-order valence-corrected chi connectivity index (χ0v) is 11.1. The van der Waals surface area contributed by atoms with Crippen LogP contribution in [0.2, 0.25) is 0 Å². The van der Waals surface area contributed by atoms with E-state index in [4.69, 9.17) is 0 Å². The van der Waals surface area contributed by atoms with Crippen molar-refractivity contribution < 1.29 is 5.11 Å². The molecule has 0 saturated heterocycles. The molecule has 1 N–H and O–H groups in total. The van der Waals surface area contributed by atoms with E-state index in [0.29, 0.717) is 0 Å². The van der Waals surface area contributed by atoms with Crippen LogP contribution in [-0.4, -0.2) is 10.7 Å². The lowest BCUT2D eigenvalue weighted by Gasteiger charge is -2.51. The third-order valence-electron chi connectivity index (χ3n) is 6.44. The van der Waals surface area contributed by atoms with E-state index in [9.17, 15) is 5.11 Å². The number of hydrogen-bond acceptors (Lipinski definition) is 1. The fourth-order valence-electron chi connectivity index (χ4n) is 4.79. The van der Waals surface area contributed by atoms with Gasteiger partial charge in [0, 0.05) is 0 Å². The van der Waals surface area contributed by atoms with Gasteiger partial charge in [0.15, 0.2) is 0 Å². The van der Waals surface area contributed by atoms with Crippen LogP contribution in [0.5, 0.6) is 0 Å². The first-order chi connectivity index (χ1) is 7.39. The Morgan fingerprint density at radius 1 is 1.12 bits per heavy atom. The molecule has 0 aromatic carbocycles. The summed E-state index contributed by atoms with van der Waals surface area (Å²) in [6.45, 7) is 6.97. The molecule has 0 spiro atoms. The summed E-state index contributed by atoms with van der Waals surface area (Å²) in [6, 6.07) is 0. The summed E-state index contributed by atoms with van der Waals surface area (Å²) >= 11 is 0. The van der Waals surface area contributed by atoms with Crippen molar-refractivity contribution in [2.24, 2.45) is 22.7 Å². The molecule has 3 atom stereocenters. The maximum absolute atomic E-state index is 11.2. The summed E-state index contributed by atoms with van der Waals surface area (Å²) in [7, 11) is 0. The highest BCUT2D eigenvalue weighted by molar-refractivity contribution is 5.17. The minimum Gasteiger partial charge on any atom is -0.389 e. The van der Waals surface area contributed by atoms with Crippen molar-refractivity contribution >= 4 is 0 Å². The van der Waals surface area contributed by atoms with Gasteiger partial charge in [0.2, 0.25) is 0 Å². The third kappa shape index (κ3) is 1.21. The number of fused-ring (bicyclic) bond motifs is 2. The van der Waals surface area contributed by atoms with E-state index in [0.717, 1.165) is 18.3 Å². The molecule has 1 heteroatoms. The molecule has 3 aliphatic carbocycles. The van der Waals surface area contributed by atoms with Crippen LogP contribution < -0.4 is 0 Å². The Bertz CT molecular complexity index is 298. The van der Waals surface area contributed by atoms with Crippen LogP contribution in [0, 0.1) is 22.7 Å². The molecule has 2 bridgehead atoms. The summed E-state index contributed by atoms with van der Waals surface area (Å²) in [5, 5.41) is 11.2. The van der Waals surface area contributed by atoms with Gasteiger partial charge in [-0.1, -0.05) is 33.6 Å². The van der Waals surface area contributed by atoms with Gasteiger partial charge in [0.1, 0.15) is 0 Å². The first kappa shape index (κ1) is 11.1. The van der Waals surface area contributed by atoms with Crippen LogP contribution in [-0.2, 0) is 0 Å². The lowest BCUT2D eigenvalue weighted by Crippen LogP contribution is -2.54. The molecule has 0 amide bonds. The van der Waals surface area contributed by atoms with E-state index < -0.39 is 0 Å². The molecule has 92 valence electrons. The van der Waals surface area contributed by atoms with Crippen molar-refractivity contribution in [2.45, 2.75) is 71.3 Å². The molecule has 3 fully saturated rings. The average Bonchev–Trinajstić information content (AvgIpc) is 2.92. The predicted octanol–water partition coefficient (Wildman–Crippen LogP) is 3.75. The number of hydrogen-bond donors (Lipinski definition) is 1. The molecule has 0 aromatic heterocycles. The Morgan fingerprint density at radius 2 is 1.81 bits per heavy atom. The molecular weight excluding hydrogens is 196 g/mol. The lowest BCUT2D eigenvalue weighted by molar-refractivity contribution is -0.149. The maximum atomic E-state index is 11.2. The van der Waals surface area contributed by atoms with Gasteiger partial charge in [-0.3, -0.25) is 0 Å². The van der Waals surface area contributed by atoms with E-state index in [1.807, 2.05) is 0 Å². The molecule has 0 heterocycles. The normalized spacial score (nSPS) is 49.9. The fraction of sp³-hybridized carbons (Fsp3) is 1.00. The zero-order chi connectivity index (χ0) is 11.6. The van der Waals surface area contributed by atoms with Crippen LogP contribution in [0.3, 0.4) is 0 Å². The van der Waals surface area contributed by atoms with Gasteiger partial charge in [-0.05, 0) is 54.8 Å². The third-order valence-corrected chi connectivity index (χ3v) is 6.44. The highest BCUT2D eigenvalue weighted by Crippen LogP contribution is 2.69. The quantitative estimate of drug-likeness (QED) is 0.771. The first-order valence-electron chi connectivity index (χ1n) is 7.11. The maximum Gasteiger partial charge on any atom is 0.0754 e. The lowest BCUT2D eigenvalue weighted by atomic mass is 9.58. The van der Waals surface area contributed by atoms with Gasteiger partial charge in [-0.25, -0.2) is 0 Å². The van der Waals surface area contributed by atoms with Crippen molar-refractivity contribution in [3.05, 3.63) is 0 Å². The molecule has 3 rings (SSSR count). The van der Waals surface area contributed by atoms with E-state index in [-0.39, 0.29) is 16.4 Å². The van der Waals surface area contributed by atoms with Crippen LogP contribution in [0.15, 0.2) is 0 Å². The summed E-state index contributed by atoms with van der Waals surface area (Å²) in [4.78, 5) is 0. The predicted molar refractivity (Wildman–Crippen MR) is 66.1 cm³/mol. The van der Waals surface area contributed by atoms with E-state index in [2.05, 4.69) is 20.8 Å². The largest absolute Gasteiger partial charge is 0.389 e. The van der Waals surface area contributed by atoms with Crippen molar-refractivity contribution in [3.8, 4) is 0 Å². The highest BCUT2D eigenvalue weighted by atomic mass is 16.3. The second kappa shape index (κ2) is 3.04. The van der Waals surface area contributed by atoms with E-state index >= 15 is 0 Å². The van der Waals surface area contributed by atoms with Crippen LogP contribution in [0.25, 0.3) is 0 Å². The molecule has 0 radical (unpaired) electrons. The van der Waals surface area contributed by atoms with Gasteiger partial charge in [-0.15, -0.1) is 0 Å². The average molecular weight is 222 g/mol. The van der Waals surface area contributed by atoms with Crippen LogP contribution in [0.4, 0.5) is 0 Å². The molecule has 3 unspecified atom stereocenters.